The smallest absolute Gasteiger partial charge is 0.155 e. The van der Waals surface area contributed by atoms with E-state index in [-0.39, 0.29) is 0 Å². The van der Waals surface area contributed by atoms with Crippen molar-refractivity contribution in [1.82, 2.24) is 19.5 Å². The zero-order valence-electron chi connectivity index (χ0n) is 19.4. The summed E-state index contributed by atoms with van der Waals surface area (Å²) < 4.78 is 1.89. The second-order valence-electron chi connectivity index (χ2n) is 8.97. The maximum atomic E-state index is 6.49. The average molecular weight is 467 g/mol. The fraction of sp³-hybridized carbons (Fsp3) is 0.308. The molecular formula is C26H27B2ClN5. The minimum atomic E-state index is 0.613. The van der Waals surface area contributed by atoms with Crippen molar-refractivity contribution in [3.05, 3.63) is 71.4 Å². The zero-order valence-corrected chi connectivity index (χ0v) is 20.2. The summed E-state index contributed by atoms with van der Waals surface area (Å²) in [6.07, 6.45) is 4.20. The molecule has 0 saturated carbocycles. The standard InChI is InChI=1S/C26H27B2ClN5/c1-28-22-16-31-34-25(14-24(32-26(22)34)21-4-2-3-5-23(21)29)30-15-18-10-12-33(13-11-18)17-19-6-8-20(27)9-7-19/h2-9,14,16,18,30H,10-13,15,17H2,1H3. The highest BCUT2D eigenvalue weighted by molar-refractivity contribution is 6.54. The van der Waals surface area contributed by atoms with E-state index in [2.05, 4.69) is 33.5 Å². The second-order valence-corrected chi connectivity index (χ2v) is 9.38. The molecule has 0 amide bonds. The first kappa shape index (κ1) is 23.0. The number of halogens is 1. The molecular weight excluding hydrogens is 439 g/mol. The van der Waals surface area contributed by atoms with E-state index in [1.807, 2.05) is 61.2 Å². The molecule has 1 aliphatic rings. The van der Waals surface area contributed by atoms with E-state index < -0.39 is 0 Å². The van der Waals surface area contributed by atoms with Gasteiger partial charge in [0.1, 0.15) is 13.7 Å². The molecule has 0 bridgehead atoms. The summed E-state index contributed by atoms with van der Waals surface area (Å²) >= 11 is 6.49. The predicted octanol–water partition coefficient (Wildman–Crippen LogP) is 3.55. The third kappa shape index (κ3) is 5.01. The van der Waals surface area contributed by atoms with Crippen molar-refractivity contribution in [1.29, 1.82) is 0 Å². The third-order valence-electron chi connectivity index (χ3n) is 6.62. The van der Waals surface area contributed by atoms with Crippen LogP contribution in [0.25, 0.3) is 16.9 Å². The number of aromatic nitrogens is 3. The third-order valence-corrected chi connectivity index (χ3v) is 6.95. The van der Waals surface area contributed by atoms with E-state index in [1.54, 1.807) is 0 Å². The molecule has 5 nitrogen and oxygen atoms in total. The van der Waals surface area contributed by atoms with Gasteiger partial charge in [-0.05, 0) is 48.9 Å². The Balaban J connectivity index is 1.28. The molecule has 34 heavy (non-hydrogen) atoms. The van der Waals surface area contributed by atoms with Gasteiger partial charge in [-0.2, -0.15) is 9.61 Å². The second kappa shape index (κ2) is 10.2. The van der Waals surface area contributed by atoms with E-state index in [4.69, 9.17) is 24.4 Å². The summed E-state index contributed by atoms with van der Waals surface area (Å²) in [6.45, 7) is 6.10. The van der Waals surface area contributed by atoms with Gasteiger partial charge < -0.3 is 5.32 Å². The molecule has 8 heteroatoms. The Hall–Kier alpha value is -2.76. The van der Waals surface area contributed by atoms with Gasteiger partial charge in [-0.25, -0.2) is 4.98 Å². The molecule has 2 aromatic carbocycles. The monoisotopic (exact) mass is 466 g/mol. The lowest BCUT2D eigenvalue weighted by Crippen LogP contribution is -2.35. The molecule has 3 radical (unpaired) electrons. The molecule has 4 aromatic rings. The van der Waals surface area contributed by atoms with Gasteiger partial charge >= 0.3 is 0 Å². The number of nitrogens with one attached hydrogen (secondary N) is 1. The van der Waals surface area contributed by atoms with Crippen molar-refractivity contribution in [2.24, 2.45) is 5.92 Å². The van der Waals surface area contributed by atoms with Crippen molar-refractivity contribution < 1.29 is 0 Å². The van der Waals surface area contributed by atoms with Crippen LogP contribution < -0.4 is 16.2 Å². The summed E-state index contributed by atoms with van der Waals surface area (Å²) in [4.78, 5) is 7.40. The topological polar surface area (TPSA) is 45.5 Å². The van der Waals surface area contributed by atoms with Crippen LogP contribution in [0, 0.1) is 5.92 Å². The fourth-order valence-electron chi connectivity index (χ4n) is 4.60. The summed E-state index contributed by atoms with van der Waals surface area (Å²) in [5.74, 6) is 1.56. The molecule has 169 valence electrons. The van der Waals surface area contributed by atoms with E-state index in [9.17, 15) is 0 Å². The first-order valence-corrected chi connectivity index (χ1v) is 12.2. The maximum absolute atomic E-state index is 6.49. The molecule has 3 heterocycles. The van der Waals surface area contributed by atoms with E-state index in [0.29, 0.717) is 10.9 Å². The summed E-state index contributed by atoms with van der Waals surface area (Å²) in [5.41, 5.74) is 5.75. The summed E-state index contributed by atoms with van der Waals surface area (Å²) in [6, 6.07) is 18.1. The van der Waals surface area contributed by atoms with Crippen LogP contribution in [-0.4, -0.2) is 54.3 Å². The Morgan fingerprint density at radius 3 is 2.62 bits per heavy atom. The molecule has 0 spiro atoms. The van der Waals surface area contributed by atoms with Crippen LogP contribution >= 0.6 is 11.6 Å². The fourth-order valence-corrected chi connectivity index (χ4v) is 4.83. The number of nitrogens with zero attached hydrogens (tertiary/aromatic N) is 4. The van der Waals surface area contributed by atoms with Crippen LogP contribution in [0.15, 0.2) is 60.8 Å². The lowest BCUT2D eigenvalue weighted by atomic mass is 9.75. The van der Waals surface area contributed by atoms with Crippen molar-refractivity contribution in [3.63, 3.8) is 0 Å². The number of hydrogen-bond donors (Lipinski definition) is 1. The van der Waals surface area contributed by atoms with Gasteiger partial charge in [-0.1, -0.05) is 66.4 Å². The van der Waals surface area contributed by atoms with Crippen LogP contribution in [-0.2, 0) is 6.54 Å². The zero-order chi connectivity index (χ0) is 23.5. The average Bonchev–Trinajstić information content (AvgIpc) is 3.28. The van der Waals surface area contributed by atoms with Gasteiger partial charge in [0, 0.05) is 35.9 Å². The molecule has 0 unspecified atom stereocenters. The van der Waals surface area contributed by atoms with Crippen molar-refractivity contribution >= 4 is 49.1 Å². The first-order chi connectivity index (χ1) is 16.6. The van der Waals surface area contributed by atoms with Gasteiger partial charge in [0.15, 0.2) is 12.9 Å². The lowest BCUT2D eigenvalue weighted by molar-refractivity contribution is 0.182. The molecule has 2 aromatic heterocycles. The highest BCUT2D eigenvalue weighted by Gasteiger charge is 2.20. The molecule has 1 aliphatic heterocycles. The van der Waals surface area contributed by atoms with Gasteiger partial charge in [0.05, 0.1) is 5.69 Å². The SMILES string of the molecule is [B]c1ccc(CN2CCC(CNc3cc(-c4ccccc4Cl)nc4c([B]C)cnn34)CC2)cc1. The van der Waals surface area contributed by atoms with E-state index >= 15 is 0 Å². The Kier molecular flexibility index (Phi) is 6.93. The van der Waals surface area contributed by atoms with Crippen LogP contribution in [0.5, 0.6) is 0 Å². The number of anilines is 1. The Morgan fingerprint density at radius 1 is 1.12 bits per heavy atom. The number of benzene rings is 2. The minimum absolute atomic E-state index is 0.613. The number of hydrogen-bond acceptors (Lipinski definition) is 4. The van der Waals surface area contributed by atoms with E-state index in [1.165, 1.54) is 18.4 Å². The molecule has 0 atom stereocenters. The molecule has 1 fully saturated rings. The quantitative estimate of drug-likeness (QED) is 0.423. The van der Waals surface area contributed by atoms with Crippen LogP contribution in [0.4, 0.5) is 5.82 Å². The Morgan fingerprint density at radius 2 is 1.88 bits per heavy atom. The predicted molar refractivity (Wildman–Crippen MR) is 143 cm³/mol. The highest BCUT2D eigenvalue weighted by Crippen LogP contribution is 2.28. The minimum Gasteiger partial charge on any atom is -0.370 e. The van der Waals surface area contributed by atoms with Crippen LogP contribution in [0.3, 0.4) is 0 Å². The Bertz CT molecular complexity index is 1270. The Labute approximate surface area is 208 Å². The summed E-state index contributed by atoms with van der Waals surface area (Å²) in [7, 11) is 7.85. The van der Waals surface area contributed by atoms with Crippen molar-refractivity contribution in [2.75, 3.05) is 25.0 Å². The number of fused-ring (bicyclic) bond motifs is 1. The normalized spacial score (nSPS) is 15.0. The first-order valence-electron chi connectivity index (χ1n) is 11.8. The number of likely N-dealkylation sites (tertiary alicyclic amines) is 1. The largest absolute Gasteiger partial charge is 0.370 e. The van der Waals surface area contributed by atoms with E-state index in [0.717, 1.165) is 59.8 Å². The van der Waals surface area contributed by atoms with Gasteiger partial charge in [-0.3, -0.25) is 4.90 Å². The van der Waals surface area contributed by atoms with Crippen molar-refractivity contribution in [2.45, 2.75) is 26.2 Å². The number of rotatable bonds is 7. The van der Waals surface area contributed by atoms with Gasteiger partial charge in [-0.15, -0.1) is 0 Å². The van der Waals surface area contributed by atoms with Gasteiger partial charge in [0.25, 0.3) is 0 Å². The van der Waals surface area contributed by atoms with Crippen LogP contribution in [0.1, 0.15) is 18.4 Å². The maximum Gasteiger partial charge on any atom is 0.155 e. The van der Waals surface area contributed by atoms with Crippen LogP contribution in [0.2, 0.25) is 11.8 Å². The highest BCUT2D eigenvalue weighted by atomic mass is 35.5. The lowest BCUT2D eigenvalue weighted by Gasteiger charge is -2.32. The summed E-state index contributed by atoms with van der Waals surface area (Å²) in [5, 5.41) is 8.95. The molecule has 1 N–H and O–H groups in total. The molecule has 0 aliphatic carbocycles. The van der Waals surface area contributed by atoms with Gasteiger partial charge in [0.2, 0.25) is 0 Å². The molecule has 5 rings (SSSR count). The molecule has 1 saturated heterocycles. The van der Waals surface area contributed by atoms with Crippen molar-refractivity contribution in [3.8, 4) is 11.3 Å². The number of piperidine rings is 1.